The van der Waals surface area contributed by atoms with E-state index in [1.165, 1.54) is 0 Å². The van der Waals surface area contributed by atoms with Gasteiger partial charge in [-0.25, -0.2) is 5.43 Å². The molecule has 1 aromatic heterocycles. The van der Waals surface area contributed by atoms with Gasteiger partial charge in [0.2, 0.25) is 5.91 Å². The smallest absolute Gasteiger partial charge is 0.237 e. The van der Waals surface area contributed by atoms with E-state index in [2.05, 4.69) is 15.8 Å². The van der Waals surface area contributed by atoms with Crippen molar-refractivity contribution in [2.24, 2.45) is 17.6 Å². The summed E-state index contributed by atoms with van der Waals surface area (Å²) in [6.07, 6.45) is 6.37. The molecule has 1 aliphatic heterocycles. The molecule has 6 heteroatoms. The lowest BCUT2D eigenvalue weighted by Gasteiger charge is -2.43. The molecule has 1 amide bonds. The Hall–Kier alpha value is -1.17. The third-order valence-electron chi connectivity index (χ3n) is 4.59. The van der Waals surface area contributed by atoms with Crippen molar-refractivity contribution in [2.75, 3.05) is 6.54 Å². The molecule has 108 valence electrons. The molecule has 2 fully saturated rings. The van der Waals surface area contributed by atoms with E-state index in [0.717, 1.165) is 24.8 Å². The average molecular weight is 295 g/mol. The summed E-state index contributed by atoms with van der Waals surface area (Å²) in [5.41, 5.74) is 12.8. The predicted molar refractivity (Wildman–Crippen MR) is 76.9 cm³/mol. The number of fused-ring (bicyclic) bond motifs is 1. The molecule has 4 unspecified atom stereocenters. The third-order valence-corrected chi connectivity index (χ3v) is 4.79. The predicted octanol–water partition coefficient (Wildman–Crippen LogP) is 1.20. The van der Waals surface area contributed by atoms with E-state index in [0.29, 0.717) is 17.5 Å². The maximum absolute atomic E-state index is 11.9. The van der Waals surface area contributed by atoms with Gasteiger partial charge in [0, 0.05) is 30.9 Å². The first-order valence-electron chi connectivity index (χ1n) is 7.05. The van der Waals surface area contributed by atoms with Gasteiger partial charge in [-0.2, -0.15) is 0 Å². The highest BCUT2D eigenvalue weighted by Gasteiger charge is 2.42. The summed E-state index contributed by atoms with van der Waals surface area (Å²) in [5, 5.41) is 0.666. The highest BCUT2D eigenvalue weighted by atomic mass is 35.5. The summed E-state index contributed by atoms with van der Waals surface area (Å²) < 4.78 is 0. The van der Waals surface area contributed by atoms with E-state index in [9.17, 15) is 4.79 Å². The molecule has 0 aromatic carbocycles. The molecule has 1 aliphatic carbocycles. The number of aromatic nitrogens is 1. The molecule has 4 atom stereocenters. The van der Waals surface area contributed by atoms with E-state index in [1.807, 2.05) is 12.3 Å². The molecule has 0 spiro atoms. The van der Waals surface area contributed by atoms with E-state index in [4.69, 9.17) is 17.3 Å². The highest BCUT2D eigenvalue weighted by Crippen LogP contribution is 2.42. The van der Waals surface area contributed by atoms with Crippen LogP contribution >= 0.6 is 11.6 Å². The highest BCUT2D eigenvalue weighted by molar-refractivity contribution is 6.30. The number of carbonyl (C=O) groups excluding carboxylic acids is 1. The summed E-state index contributed by atoms with van der Waals surface area (Å²) in [5.74, 6) is 0.867. The molecule has 20 heavy (non-hydrogen) atoms. The number of amides is 1. The van der Waals surface area contributed by atoms with Crippen molar-refractivity contribution in [2.45, 2.75) is 31.2 Å². The molecule has 4 N–H and O–H groups in total. The molecule has 5 nitrogen and oxygen atoms in total. The Morgan fingerprint density at radius 1 is 1.40 bits per heavy atom. The number of halogens is 1. The van der Waals surface area contributed by atoms with Crippen molar-refractivity contribution in [3.05, 3.63) is 29.0 Å². The second kappa shape index (κ2) is 5.68. The van der Waals surface area contributed by atoms with Crippen LogP contribution < -0.4 is 16.6 Å². The first-order chi connectivity index (χ1) is 9.69. The Bertz CT molecular complexity index is 510. The zero-order chi connectivity index (χ0) is 14.1. The lowest BCUT2D eigenvalue weighted by atomic mass is 9.68. The van der Waals surface area contributed by atoms with Crippen LogP contribution in [0, 0.1) is 11.8 Å². The number of pyridine rings is 1. The van der Waals surface area contributed by atoms with Crippen LogP contribution in [0.15, 0.2) is 18.5 Å². The van der Waals surface area contributed by atoms with E-state index in [-0.39, 0.29) is 23.8 Å². The van der Waals surface area contributed by atoms with Crippen molar-refractivity contribution in [1.29, 1.82) is 0 Å². The fourth-order valence-electron chi connectivity index (χ4n) is 3.53. The van der Waals surface area contributed by atoms with Gasteiger partial charge in [-0.05, 0) is 42.7 Å². The van der Waals surface area contributed by atoms with Gasteiger partial charge in [0.1, 0.15) is 0 Å². The second-order valence-corrected chi connectivity index (χ2v) is 6.13. The molecular weight excluding hydrogens is 276 g/mol. The number of nitrogens with one attached hydrogen (secondary N) is 2. The van der Waals surface area contributed by atoms with Crippen LogP contribution in [0.3, 0.4) is 0 Å². The molecule has 0 bridgehead atoms. The number of hydrazine groups is 1. The van der Waals surface area contributed by atoms with Crippen molar-refractivity contribution in [3.8, 4) is 0 Å². The van der Waals surface area contributed by atoms with Crippen LogP contribution in [0.4, 0.5) is 0 Å². The number of hydrogen-bond acceptors (Lipinski definition) is 4. The number of nitrogens with zero attached hydrogens (tertiary/aromatic N) is 1. The third kappa shape index (κ3) is 2.53. The second-order valence-electron chi connectivity index (χ2n) is 5.69. The summed E-state index contributed by atoms with van der Waals surface area (Å²) >= 11 is 6.02. The van der Waals surface area contributed by atoms with Crippen LogP contribution in [0.25, 0.3) is 0 Å². The van der Waals surface area contributed by atoms with Gasteiger partial charge in [-0.15, -0.1) is 0 Å². The molecule has 0 radical (unpaired) electrons. The first kappa shape index (κ1) is 13.8. The fourth-order valence-corrected chi connectivity index (χ4v) is 3.71. The van der Waals surface area contributed by atoms with Crippen molar-refractivity contribution in [1.82, 2.24) is 15.8 Å². The van der Waals surface area contributed by atoms with Gasteiger partial charge in [-0.1, -0.05) is 11.6 Å². The van der Waals surface area contributed by atoms with Crippen LogP contribution in [0.5, 0.6) is 0 Å². The number of carbonyl (C=O) groups is 1. The Labute approximate surface area is 123 Å². The maximum atomic E-state index is 11.9. The summed E-state index contributed by atoms with van der Waals surface area (Å²) in [7, 11) is 0. The Morgan fingerprint density at radius 2 is 2.25 bits per heavy atom. The topological polar surface area (TPSA) is 80.0 Å². The summed E-state index contributed by atoms with van der Waals surface area (Å²) in [6.45, 7) is 0.530. The quantitative estimate of drug-likeness (QED) is 0.766. The molecule has 1 aromatic rings. The SMILES string of the molecule is NCC1NNC(=O)C2CCC(c3cncc(Cl)c3)CC12. The zero-order valence-corrected chi connectivity index (χ0v) is 11.9. The van der Waals surface area contributed by atoms with Gasteiger partial charge in [0.05, 0.1) is 5.02 Å². The van der Waals surface area contributed by atoms with Crippen LogP contribution in [0.1, 0.15) is 30.7 Å². The minimum absolute atomic E-state index is 0.0770. The lowest BCUT2D eigenvalue weighted by Crippen LogP contribution is -2.62. The van der Waals surface area contributed by atoms with Gasteiger partial charge < -0.3 is 5.73 Å². The van der Waals surface area contributed by atoms with E-state index in [1.54, 1.807) is 6.20 Å². The molecule has 2 aliphatic rings. The van der Waals surface area contributed by atoms with Gasteiger partial charge in [0.15, 0.2) is 0 Å². The average Bonchev–Trinajstić information content (AvgIpc) is 2.47. The summed E-state index contributed by atoms with van der Waals surface area (Å²) in [4.78, 5) is 16.1. The minimum atomic E-state index is 0.0770. The van der Waals surface area contributed by atoms with Crippen molar-refractivity contribution >= 4 is 17.5 Å². The van der Waals surface area contributed by atoms with Crippen LogP contribution in [-0.2, 0) is 4.79 Å². The lowest BCUT2D eigenvalue weighted by molar-refractivity contribution is -0.133. The van der Waals surface area contributed by atoms with Crippen molar-refractivity contribution < 1.29 is 4.79 Å². The Kier molecular flexibility index (Phi) is 3.92. The standard InChI is InChI=1S/C14H19ClN4O/c15-10-3-9(6-17-7-10)8-1-2-11-12(4-8)13(5-16)18-19-14(11)20/h3,6-8,11-13,18H,1-2,4-5,16H2,(H,19,20). The van der Waals surface area contributed by atoms with Crippen LogP contribution in [-0.4, -0.2) is 23.5 Å². The monoisotopic (exact) mass is 294 g/mol. The first-order valence-corrected chi connectivity index (χ1v) is 7.42. The van der Waals surface area contributed by atoms with Crippen molar-refractivity contribution in [3.63, 3.8) is 0 Å². The van der Waals surface area contributed by atoms with Gasteiger partial charge in [-0.3, -0.25) is 15.2 Å². The normalized spacial score (nSPS) is 33.4. The maximum Gasteiger partial charge on any atom is 0.237 e. The van der Waals surface area contributed by atoms with Crippen LogP contribution in [0.2, 0.25) is 5.02 Å². The summed E-state index contributed by atoms with van der Waals surface area (Å²) in [6, 6.07) is 2.13. The molecular formula is C14H19ClN4O. The number of hydrogen-bond donors (Lipinski definition) is 3. The number of rotatable bonds is 2. The largest absolute Gasteiger partial charge is 0.329 e. The van der Waals surface area contributed by atoms with Gasteiger partial charge >= 0.3 is 0 Å². The van der Waals surface area contributed by atoms with Gasteiger partial charge in [0.25, 0.3) is 0 Å². The fraction of sp³-hybridized carbons (Fsp3) is 0.571. The van der Waals surface area contributed by atoms with E-state index >= 15 is 0 Å². The minimum Gasteiger partial charge on any atom is -0.329 e. The molecule has 1 saturated carbocycles. The number of nitrogens with two attached hydrogens (primary N) is 1. The van der Waals surface area contributed by atoms with E-state index < -0.39 is 0 Å². The molecule has 3 rings (SSSR count). The molecule has 2 heterocycles. The molecule has 1 saturated heterocycles. The Balaban J connectivity index is 1.80. The zero-order valence-electron chi connectivity index (χ0n) is 11.2. The Morgan fingerprint density at radius 3 is 3.00 bits per heavy atom.